The van der Waals surface area contributed by atoms with Gasteiger partial charge in [-0.05, 0) is 17.5 Å². The lowest BCUT2D eigenvalue weighted by Gasteiger charge is -2.22. The van der Waals surface area contributed by atoms with Crippen molar-refractivity contribution in [1.29, 1.82) is 0 Å². The summed E-state index contributed by atoms with van der Waals surface area (Å²) in [6, 6.07) is 8.51. The highest BCUT2D eigenvalue weighted by Crippen LogP contribution is 2.07. The summed E-state index contributed by atoms with van der Waals surface area (Å²) in [4.78, 5) is 6.21. The van der Waals surface area contributed by atoms with E-state index in [1.807, 2.05) is 11.9 Å². The summed E-state index contributed by atoms with van der Waals surface area (Å²) in [5.41, 5.74) is 2.53. The predicted octanol–water partition coefficient (Wildman–Crippen LogP) is 0.805. The normalized spacial score (nSPS) is 12.3. The molecule has 0 aromatic heterocycles. The first-order valence-corrected chi connectivity index (χ1v) is 9.19. The largest absolute Gasteiger partial charge is 0.355 e. The molecule has 0 radical (unpaired) electrons. The Hall–Kier alpha value is -1.60. The number of hydrogen-bond donors (Lipinski definition) is 2. The molecule has 0 heterocycles. The Balaban J connectivity index is 2.48. The smallest absolute Gasteiger partial charge is 0.208 e. The molecule has 0 atom stereocenters. The number of benzene rings is 1. The molecule has 0 saturated carbocycles. The minimum Gasteiger partial charge on any atom is -0.355 e. The molecular formula is C15H26N4O2S. The Bertz CT molecular complexity index is 582. The van der Waals surface area contributed by atoms with E-state index in [-0.39, 0.29) is 0 Å². The zero-order chi connectivity index (χ0) is 16.6. The van der Waals surface area contributed by atoms with Gasteiger partial charge in [-0.3, -0.25) is 4.99 Å². The number of nitrogens with one attached hydrogen (secondary N) is 2. The molecule has 124 valence electrons. The third-order valence-corrected chi connectivity index (χ3v) is 3.93. The van der Waals surface area contributed by atoms with Crippen LogP contribution in [0.4, 0.5) is 0 Å². The fourth-order valence-corrected chi connectivity index (χ4v) is 2.50. The molecule has 1 aromatic rings. The molecule has 7 heteroatoms. The lowest BCUT2D eigenvalue weighted by atomic mass is 10.1. The van der Waals surface area contributed by atoms with Crippen LogP contribution in [0.2, 0.25) is 0 Å². The number of guanidine groups is 1. The first-order valence-electron chi connectivity index (χ1n) is 7.30. The molecule has 2 N–H and O–H groups in total. The monoisotopic (exact) mass is 326 g/mol. The first-order chi connectivity index (χ1) is 10.4. The van der Waals surface area contributed by atoms with Crippen LogP contribution >= 0.6 is 0 Å². The van der Waals surface area contributed by atoms with Gasteiger partial charge in [-0.25, -0.2) is 13.1 Å². The molecule has 0 aliphatic carbocycles. The van der Waals surface area contributed by atoms with Gasteiger partial charge in [0.25, 0.3) is 0 Å². The van der Waals surface area contributed by atoms with Gasteiger partial charge in [0, 0.05) is 33.7 Å². The molecule has 1 aromatic carbocycles. The van der Waals surface area contributed by atoms with Crippen LogP contribution < -0.4 is 10.0 Å². The fourth-order valence-electron chi connectivity index (χ4n) is 2.02. The van der Waals surface area contributed by atoms with Crippen molar-refractivity contribution in [3.63, 3.8) is 0 Å². The minimum atomic E-state index is -3.15. The Labute approximate surface area is 133 Å². The maximum absolute atomic E-state index is 11.0. The van der Waals surface area contributed by atoms with E-state index in [0.717, 1.165) is 25.2 Å². The van der Waals surface area contributed by atoms with E-state index in [1.54, 1.807) is 7.05 Å². The summed E-state index contributed by atoms with van der Waals surface area (Å²) in [6.45, 7) is 3.69. The predicted molar refractivity (Wildman–Crippen MR) is 91.5 cm³/mol. The van der Waals surface area contributed by atoms with Crippen molar-refractivity contribution >= 4 is 16.0 Å². The van der Waals surface area contributed by atoms with Gasteiger partial charge in [0.05, 0.1) is 6.26 Å². The maximum atomic E-state index is 11.0. The standard InChI is InChI=1S/C15H26N4O2S/c1-5-13-6-8-14(9-7-13)12-19(3)15(16-2)17-10-11-18-22(4,20)21/h6-9,18H,5,10-12H2,1-4H3,(H,16,17). The summed E-state index contributed by atoms with van der Waals surface area (Å²) >= 11 is 0. The molecule has 22 heavy (non-hydrogen) atoms. The van der Waals surface area contributed by atoms with Crippen LogP contribution in [0.25, 0.3) is 0 Å². The summed E-state index contributed by atoms with van der Waals surface area (Å²) in [5.74, 6) is 0.731. The van der Waals surface area contributed by atoms with Crippen molar-refractivity contribution < 1.29 is 8.42 Å². The first kappa shape index (κ1) is 18.4. The van der Waals surface area contributed by atoms with Gasteiger partial charge in [-0.15, -0.1) is 0 Å². The number of hydrogen-bond acceptors (Lipinski definition) is 3. The van der Waals surface area contributed by atoms with Gasteiger partial charge >= 0.3 is 0 Å². The average molecular weight is 326 g/mol. The van der Waals surface area contributed by atoms with Crippen LogP contribution in [0.3, 0.4) is 0 Å². The third-order valence-electron chi connectivity index (χ3n) is 3.20. The summed E-state index contributed by atoms with van der Waals surface area (Å²) in [6.07, 6.45) is 2.18. The molecular weight excluding hydrogens is 300 g/mol. The van der Waals surface area contributed by atoms with Gasteiger partial charge in [-0.2, -0.15) is 0 Å². The van der Waals surface area contributed by atoms with Gasteiger partial charge in [0.2, 0.25) is 10.0 Å². The van der Waals surface area contributed by atoms with E-state index in [0.29, 0.717) is 13.1 Å². The van der Waals surface area contributed by atoms with Gasteiger partial charge in [-0.1, -0.05) is 31.2 Å². The number of rotatable bonds is 7. The van der Waals surface area contributed by atoms with Gasteiger partial charge in [0.15, 0.2) is 5.96 Å². The second-order valence-electron chi connectivity index (χ2n) is 5.17. The summed E-state index contributed by atoms with van der Waals surface area (Å²) in [5, 5.41) is 3.13. The van der Waals surface area contributed by atoms with Crippen molar-refractivity contribution in [3.05, 3.63) is 35.4 Å². The topological polar surface area (TPSA) is 73.8 Å². The number of aliphatic imine (C=N–C) groups is 1. The third kappa shape index (κ3) is 6.91. The van der Waals surface area contributed by atoms with E-state index in [2.05, 4.69) is 46.2 Å². The fraction of sp³-hybridized carbons (Fsp3) is 0.533. The second-order valence-corrected chi connectivity index (χ2v) is 7.00. The van der Waals surface area contributed by atoms with Crippen LogP contribution in [0.5, 0.6) is 0 Å². The van der Waals surface area contributed by atoms with Crippen molar-refractivity contribution in [2.45, 2.75) is 19.9 Å². The van der Waals surface area contributed by atoms with Crippen LogP contribution in [0.1, 0.15) is 18.1 Å². The lowest BCUT2D eigenvalue weighted by Crippen LogP contribution is -2.42. The second kappa shape index (κ2) is 8.75. The van der Waals surface area contributed by atoms with Crippen LogP contribution in [-0.2, 0) is 23.0 Å². The number of nitrogens with zero attached hydrogens (tertiary/aromatic N) is 2. The molecule has 0 saturated heterocycles. The van der Waals surface area contributed by atoms with E-state index >= 15 is 0 Å². The molecule has 0 fully saturated rings. The highest BCUT2D eigenvalue weighted by atomic mass is 32.2. The van der Waals surface area contributed by atoms with E-state index in [4.69, 9.17) is 0 Å². The van der Waals surface area contributed by atoms with Crippen molar-refractivity contribution in [1.82, 2.24) is 14.9 Å². The quantitative estimate of drug-likeness (QED) is 0.442. The molecule has 0 aliphatic rings. The Morgan fingerprint density at radius 1 is 1.18 bits per heavy atom. The Kier molecular flexibility index (Phi) is 7.34. The highest BCUT2D eigenvalue weighted by molar-refractivity contribution is 7.88. The van der Waals surface area contributed by atoms with Crippen molar-refractivity contribution in [2.24, 2.45) is 4.99 Å². The molecule has 0 spiro atoms. The van der Waals surface area contributed by atoms with E-state index < -0.39 is 10.0 Å². The SMILES string of the molecule is CCc1ccc(CN(C)C(=NC)NCCNS(C)(=O)=O)cc1. The maximum Gasteiger partial charge on any atom is 0.208 e. The van der Waals surface area contributed by atoms with E-state index in [1.165, 1.54) is 11.1 Å². The molecule has 0 unspecified atom stereocenters. The van der Waals surface area contributed by atoms with E-state index in [9.17, 15) is 8.42 Å². The highest BCUT2D eigenvalue weighted by Gasteiger charge is 2.07. The van der Waals surface area contributed by atoms with Gasteiger partial charge < -0.3 is 10.2 Å². The zero-order valence-corrected chi connectivity index (χ0v) is 14.6. The van der Waals surface area contributed by atoms with Crippen LogP contribution in [0, 0.1) is 0 Å². The number of sulfonamides is 1. The van der Waals surface area contributed by atoms with Crippen LogP contribution in [-0.4, -0.2) is 52.7 Å². The molecule has 1 rings (SSSR count). The Morgan fingerprint density at radius 3 is 2.27 bits per heavy atom. The molecule has 0 bridgehead atoms. The van der Waals surface area contributed by atoms with Crippen molar-refractivity contribution in [3.8, 4) is 0 Å². The summed E-state index contributed by atoms with van der Waals surface area (Å²) < 4.78 is 24.4. The molecule has 0 amide bonds. The van der Waals surface area contributed by atoms with Crippen LogP contribution in [0.15, 0.2) is 29.3 Å². The number of aryl methyl sites for hydroxylation is 1. The average Bonchev–Trinajstić information content (AvgIpc) is 2.47. The zero-order valence-electron chi connectivity index (χ0n) is 13.8. The Morgan fingerprint density at radius 2 is 1.77 bits per heavy atom. The summed E-state index contributed by atoms with van der Waals surface area (Å²) in [7, 11) is 0.515. The lowest BCUT2D eigenvalue weighted by molar-refractivity contribution is 0.477. The van der Waals surface area contributed by atoms with Gasteiger partial charge in [0.1, 0.15) is 0 Å². The molecule has 0 aliphatic heterocycles. The van der Waals surface area contributed by atoms with Crippen molar-refractivity contribution in [2.75, 3.05) is 33.4 Å². The minimum absolute atomic E-state index is 0.330. The molecule has 6 nitrogen and oxygen atoms in total.